The van der Waals surface area contributed by atoms with Crippen LogP contribution in [0.5, 0.6) is 5.75 Å². The summed E-state index contributed by atoms with van der Waals surface area (Å²) in [6, 6.07) is 6.74. The number of halogens is 1. The Balaban J connectivity index is 2.27. The van der Waals surface area contributed by atoms with E-state index in [1.54, 1.807) is 7.11 Å². The van der Waals surface area contributed by atoms with Crippen LogP contribution in [0.3, 0.4) is 0 Å². The van der Waals surface area contributed by atoms with Crippen molar-refractivity contribution in [3.63, 3.8) is 0 Å². The fourth-order valence-electron chi connectivity index (χ4n) is 2.06. The first-order valence-electron chi connectivity index (χ1n) is 5.52. The Morgan fingerprint density at radius 2 is 2.25 bits per heavy atom. The average molecular weight is 285 g/mol. The third-order valence-electron chi connectivity index (χ3n) is 2.92. The minimum atomic E-state index is 0.521. The van der Waals surface area contributed by atoms with Crippen LogP contribution in [0.25, 0.3) is 0 Å². The minimum Gasteiger partial charge on any atom is -0.497 e. The zero-order valence-corrected chi connectivity index (χ0v) is 11.3. The molecule has 0 aliphatic carbocycles. The predicted octanol–water partition coefficient (Wildman–Crippen LogP) is 2.26. The maximum absolute atomic E-state index is 5.29. The van der Waals surface area contributed by atoms with E-state index in [2.05, 4.69) is 45.2 Å². The van der Waals surface area contributed by atoms with Crippen molar-refractivity contribution in [1.82, 2.24) is 5.32 Å². The van der Waals surface area contributed by atoms with E-state index in [0.29, 0.717) is 6.04 Å². The average Bonchev–Trinajstić information content (AvgIpc) is 2.28. The van der Waals surface area contributed by atoms with Gasteiger partial charge in [0.1, 0.15) is 5.75 Å². The Morgan fingerprint density at radius 1 is 1.44 bits per heavy atom. The minimum absolute atomic E-state index is 0.521. The van der Waals surface area contributed by atoms with Crippen molar-refractivity contribution in [2.75, 3.05) is 31.6 Å². The first kappa shape index (κ1) is 11.7. The lowest BCUT2D eigenvalue weighted by Gasteiger charge is -2.36. The largest absolute Gasteiger partial charge is 0.497 e. The van der Waals surface area contributed by atoms with Gasteiger partial charge in [0.15, 0.2) is 0 Å². The van der Waals surface area contributed by atoms with Crippen LogP contribution in [-0.4, -0.2) is 32.8 Å². The van der Waals surface area contributed by atoms with Gasteiger partial charge in [0.2, 0.25) is 0 Å². The van der Waals surface area contributed by atoms with E-state index in [4.69, 9.17) is 4.74 Å². The van der Waals surface area contributed by atoms with Crippen LogP contribution in [0, 0.1) is 0 Å². The highest BCUT2D eigenvalue weighted by atomic mass is 79.9. The van der Waals surface area contributed by atoms with Gasteiger partial charge in [0.25, 0.3) is 0 Å². The number of methoxy groups -OCH3 is 1. The molecule has 4 heteroatoms. The van der Waals surface area contributed by atoms with Gasteiger partial charge >= 0.3 is 0 Å². The van der Waals surface area contributed by atoms with Gasteiger partial charge in [0.05, 0.1) is 7.11 Å². The van der Waals surface area contributed by atoms with Crippen molar-refractivity contribution in [3.8, 4) is 5.75 Å². The third-order valence-corrected chi connectivity index (χ3v) is 3.38. The van der Waals surface area contributed by atoms with Crippen LogP contribution in [0.1, 0.15) is 6.92 Å². The molecule has 0 aromatic heterocycles. The van der Waals surface area contributed by atoms with E-state index in [-0.39, 0.29) is 0 Å². The molecule has 88 valence electrons. The molecule has 1 N–H and O–H groups in total. The first-order chi connectivity index (χ1) is 7.70. The molecule has 0 amide bonds. The fraction of sp³-hybridized carbons (Fsp3) is 0.500. The summed E-state index contributed by atoms with van der Waals surface area (Å²) in [6.07, 6.45) is 0. The van der Waals surface area contributed by atoms with E-state index >= 15 is 0 Å². The molecule has 3 nitrogen and oxygen atoms in total. The van der Waals surface area contributed by atoms with E-state index in [0.717, 1.165) is 29.9 Å². The number of anilines is 1. The van der Waals surface area contributed by atoms with Crippen LogP contribution < -0.4 is 15.0 Å². The molecule has 1 unspecified atom stereocenters. The molecule has 0 bridgehead atoms. The summed E-state index contributed by atoms with van der Waals surface area (Å²) in [7, 11) is 1.70. The molecule has 0 saturated carbocycles. The number of nitrogens with zero attached hydrogens (tertiary/aromatic N) is 1. The highest BCUT2D eigenvalue weighted by Gasteiger charge is 2.18. The lowest BCUT2D eigenvalue weighted by molar-refractivity contribution is 0.414. The second-order valence-corrected chi connectivity index (χ2v) is 5.01. The number of benzene rings is 1. The molecule has 0 spiro atoms. The number of hydrogen-bond donors (Lipinski definition) is 1. The van der Waals surface area contributed by atoms with Gasteiger partial charge < -0.3 is 15.0 Å². The number of piperazine rings is 1. The number of rotatable bonds is 2. The normalized spacial score (nSPS) is 20.9. The molecule has 1 heterocycles. The van der Waals surface area contributed by atoms with Gasteiger partial charge in [0, 0.05) is 41.9 Å². The standard InChI is InChI=1S/C12H17BrN2O/c1-9-8-14-3-4-15(9)11-5-10(13)6-12(7-11)16-2/h5-7,9,14H,3-4,8H2,1-2H3. The molecule has 1 fully saturated rings. The third kappa shape index (κ3) is 2.50. The fourth-order valence-corrected chi connectivity index (χ4v) is 2.52. The smallest absolute Gasteiger partial charge is 0.122 e. The maximum Gasteiger partial charge on any atom is 0.122 e. The van der Waals surface area contributed by atoms with Crippen LogP contribution in [0.2, 0.25) is 0 Å². The first-order valence-corrected chi connectivity index (χ1v) is 6.32. The Labute approximate surface area is 105 Å². The highest BCUT2D eigenvalue weighted by molar-refractivity contribution is 9.10. The molecular formula is C12H17BrN2O. The zero-order chi connectivity index (χ0) is 11.5. The molecule has 2 rings (SSSR count). The highest BCUT2D eigenvalue weighted by Crippen LogP contribution is 2.28. The molecule has 1 saturated heterocycles. The van der Waals surface area contributed by atoms with E-state index < -0.39 is 0 Å². The summed E-state index contributed by atoms with van der Waals surface area (Å²) in [5.74, 6) is 0.898. The molecule has 1 atom stereocenters. The van der Waals surface area contributed by atoms with Crippen LogP contribution in [-0.2, 0) is 0 Å². The van der Waals surface area contributed by atoms with Gasteiger partial charge in [-0.3, -0.25) is 0 Å². The van der Waals surface area contributed by atoms with Crippen molar-refractivity contribution in [2.24, 2.45) is 0 Å². The van der Waals surface area contributed by atoms with Crippen molar-refractivity contribution >= 4 is 21.6 Å². The molecular weight excluding hydrogens is 268 g/mol. The lowest BCUT2D eigenvalue weighted by Crippen LogP contribution is -2.49. The van der Waals surface area contributed by atoms with Crippen LogP contribution in [0.15, 0.2) is 22.7 Å². The Kier molecular flexibility index (Phi) is 3.71. The van der Waals surface area contributed by atoms with Gasteiger partial charge in [-0.15, -0.1) is 0 Å². The molecule has 1 aromatic carbocycles. The van der Waals surface area contributed by atoms with Crippen molar-refractivity contribution in [2.45, 2.75) is 13.0 Å². The molecule has 16 heavy (non-hydrogen) atoms. The Morgan fingerprint density at radius 3 is 2.94 bits per heavy atom. The number of nitrogens with one attached hydrogen (secondary N) is 1. The predicted molar refractivity (Wildman–Crippen MR) is 70.4 cm³/mol. The van der Waals surface area contributed by atoms with Gasteiger partial charge in [-0.1, -0.05) is 15.9 Å². The van der Waals surface area contributed by atoms with E-state index in [1.165, 1.54) is 5.69 Å². The number of hydrogen-bond acceptors (Lipinski definition) is 3. The molecule has 1 aliphatic rings. The van der Waals surface area contributed by atoms with Crippen molar-refractivity contribution < 1.29 is 4.74 Å². The Hall–Kier alpha value is -0.740. The second-order valence-electron chi connectivity index (χ2n) is 4.10. The van der Waals surface area contributed by atoms with E-state index in [1.807, 2.05) is 6.07 Å². The SMILES string of the molecule is COc1cc(Br)cc(N2CCNCC2C)c1. The lowest BCUT2D eigenvalue weighted by atomic mass is 10.2. The van der Waals surface area contributed by atoms with Gasteiger partial charge in [-0.05, 0) is 19.1 Å². The molecule has 0 radical (unpaired) electrons. The van der Waals surface area contributed by atoms with Crippen LogP contribution >= 0.6 is 15.9 Å². The second kappa shape index (κ2) is 5.06. The summed E-state index contributed by atoms with van der Waals surface area (Å²) in [5, 5.41) is 3.39. The Bertz CT molecular complexity index is 370. The summed E-state index contributed by atoms with van der Waals surface area (Å²) >= 11 is 3.52. The van der Waals surface area contributed by atoms with Gasteiger partial charge in [-0.2, -0.15) is 0 Å². The van der Waals surface area contributed by atoms with Crippen molar-refractivity contribution in [1.29, 1.82) is 0 Å². The van der Waals surface area contributed by atoms with E-state index in [9.17, 15) is 0 Å². The number of ether oxygens (including phenoxy) is 1. The summed E-state index contributed by atoms with van der Waals surface area (Å²) in [5.41, 5.74) is 1.22. The molecule has 1 aromatic rings. The van der Waals surface area contributed by atoms with Crippen molar-refractivity contribution in [3.05, 3.63) is 22.7 Å². The zero-order valence-electron chi connectivity index (χ0n) is 9.66. The van der Waals surface area contributed by atoms with Crippen LogP contribution in [0.4, 0.5) is 5.69 Å². The summed E-state index contributed by atoms with van der Waals surface area (Å²) < 4.78 is 6.35. The molecule has 1 aliphatic heterocycles. The topological polar surface area (TPSA) is 24.5 Å². The summed E-state index contributed by atoms with van der Waals surface area (Å²) in [6.45, 7) is 5.36. The van der Waals surface area contributed by atoms with Gasteiger partial charge in [-0.25, -0.2) is 0 Å². The monoisotopic (exact) mass is 284 g/mol. The maximum atomic E-state index is 5.29. The quantitative estimate of drug-likeness (QED) is 0.902. The summed E-state index contributed by atoms with van der Waals surface area (Å²) in [4.78, 5) is 2.41.